The van der Waals surface area contributed by atoms with Gasteiger partial charge in [-0.15, -0.1) is 11.8 Å². The molecule has 1 fully saturated rings. The van der Waals surface area contributed by atoms with Crippen molar-refractivity contribution in [2.45, 2.75) is 44.1 Å². The van der Waals surface area contributed by atoms with E-state index in [2.05, 4.69) is 5.32 Å². The number of amides is 1. The Morgan fingerprint density at radius 1 is 1.47 bits per heavy atom. The van der Waals surface area contributed by atoms with Crippen LogP contribution in [0, 0.1) is 0 Å². The van der Waals surface area contributed by atoms with Crippen LogP contribution in [-0.4, -0.2) is 46.7 Å². The summed E-state index contributed by atoms with van der Waals surface area (Å²) in [6.07, 6.45) is 0.344. The predicted molar refractivity (Wildman–Crippen MR) is 66.1 cm³/mol. The second-order valence-electron chi connectivity index (χ2n) is 4.33. The van der Waals surface area contributed by atoms with Crippen LogP contribution < -0.4 is 5.32 Å². The molecule has 1 aliphatic rings. The second kappa shape index (κ2) is 6.86. The number of carbonyl (C=O) groups excluding carboxylic acids is 1. The number of carbonyl (C=O) groups is 2. The monoisotopic (exact) mass is 261 g/mol. The first-order valence-electron chi connectivity index (χ1n) is 5.75. The van der Waals surface area contributed by atoms with Gasteiger partial charge in [0.05, 0.1) is 11.9 Å². The molecule has 1 aliphatic heterocycles. The molecule has 2 atom stereocenters. The van der Waals surface area contributed by atoms with E-state index in [0.717, 1.165) is 0 Å². The lowest BCUT2D eigenvalue weighted by Gasteiger charge is -2.12. The molecule has 2 N–H and O–H groups in total. The lowest BCUT2D eigenvalue weighted by Crippen LogP contribution is -2.34. The smallest absolute Gasteiger partial charge is 0.332 e. The molecule has 0 spiro atoms. The number of nitrogens with one attached hydrogen (secondary N) is 1. The van der Waals surface area contributed by atoms with Gasteiger partial charge in [0.2, 0.25) is 5.91 Å². The van der Waals surface area contributed by atoms with Crippen LogP contribution in [0.5, 0.6) is 0 Å². The van der Waals surface area contributed by atoms with Gasteiger partial charge in [0.15, 0.2) is 6.10 Å². The minimum absolute atomic E-state index is 0.0222. The molecule has 5 nitrogen and oxygen atoms in total. The van der Waals surface area contributed by atoms with Crippen molar-refractivity contribution in [2.75, 3.05) is 12.3 Å². The van der Waals surface area contributed by atoms with Crippen LogP contribution in [0.25, 0.3) is 0 Å². The number of hydrogen-bond donors (Lipinski definition) is 2. The van der Waals surface area contributed by atoms with Gasteiger partial charge < -0.3 is 15.2 Å². The summed E-state index contributed by atoms with van der Waals surface area (Å²) in [4.78, 5) is 22.1. The number of hydrogen-bond acceptors (Lipinski definition) is 4. The fourth-order valence-corrected chi connectivity index (χ4v) is 2.15. The molecule has 0 radical (unpaired) electrons. The summed E-state index contributed by atoms with van der Waals surface area (Å²) in [6, 6.07) is 0. The molecule has 0 aromatic heterocycles. The fourth-order valence-electron chi connectivity index (χ4n) is 1.56. The molecule has 2 unspecified atom stereocenters. The summed E-state index contributed by atoms with van der Waals surface area (Å²) >= 11 is 1.58. The molecule has 0 saturated carbocycles. The first kappa shape index (κ1) is 14.3. The van der Waals surface area contributed by atoms with Crippen molar-refractivity contribution in [3.05, 3.63) is 0 Å². The highest BCUT2D eigenvalue weighted by molar-refractivity contribution is 8.00. The van der Waals surface area contributed by atoms with E-state index in [1.54, 1.807) is 11.8 Å². The third-order valence-electron chi connectivity index (χ3n) is 2.46. The molecular formula is C11H19NO4S. The van der Waals surface area contributed by atoms with Gasteiger partial charge in [0.25, 0.3) is 0 Å². The Hall–Kier alpha value is -0.750. The molecule has 1 amide bonds. The van der Waals surface area contributed by atoms with Crippen LogP contribution in [0.1, 0.15) is 26.7 Å². The van der Waals surface area contributed by atoms with Crippen molar-refractivity contribution in [3.63, 3.8) is 0 Å². The lowest BCUT2D eigenvalue weighted by atomic mass is 10.2. The number of carboxylic acid groups (broad SMARTS) is 1. The van der Waals surface area contributed by atoms with Crippen LogP contribution in [0.2, 0.25) is 0 Å². The highest BCUT2D eigenvalue weighted by atomic mass is 32.2. The van der Waals surface area contributed by atoms with Crippen LogP contribution >= 0.6 is 11.8 Å². The van der Waals surface area contributed by atoms with Crippen LogP contribution in [-0.2, 0) is 14.3 Å². The SMILES string of the molecule is CC(C)SCC(=O)NCC1CCC(C(=O)O)O1. The van der Waals surface area contributed by atoms with Gasteiger partial charge in [-0.25, -0.2) is 4.79 Å². The number of rotatable bonds is 6. The molecular weight excluding hydrogens is 242 g/mol. The molecule has 0 aromatic rings. The number of ether oxygens (including phenoxy) is 1. The summed E-state index contributed by atoms with van der Waals surface area (Å²) in [5.74, 6) is -0.507. The topological polar surface area (TPSA) is 75.6 Å². The van der Waals surface area contributed by atoms with Gasteiger partial charge in [-0.3, -0.25) is 4.79 Å². The summed E-state index contributed by atoms with van der Waals surface area (Å²) in [6.45, 7) is 4.48. The number of aliphatic carboxylic acids is 1. The van der Waals surface area contributed by atoms with E-state index in [1.165, 1.54) is 0 Å². The van der Waals surface area contributed by atoms with E-state index in [4.69, 9.17) is 9.84 Å². The maximum Gasteiger partial charge on any atom is 0.332 e. The van der Waals surface area contributed by atoms with E-state index >= 15 is 0 Å². The molecule has 1 saturated heterocycles. The zero-order valence-corrected chi connectivity index (χ0v) is 11.0. The van der Waals surface area contributed by atoms with Crippen molar-refractivity contribution < 1.29 is 19.4 Å². The van der Waals surface area contributed by atoms with Gasteiger partial charge in [0, 0.05) is 6.54 Å². The molecule has 0 aliphatic carbocycles. The summed E-state index contributed by atoms with van der Waals surface area (Å²) in [7, 11) is 0. The van der Waals surface area contributed by atoms with Gasteiger partial charge in [0.1, 0.15) is 0 Å². The maximum absolute atomic E-state index is 11.4. The van der Waals surface area contributed by atoms with Gasteiger partial charge in [-0.1, -0.05) is 13.8 Å². The predicted octanol–water partition coefficient (Wildman–Crippen LogP) is 0.876. The lowest BCUT2D eigenvalue weighted by molar-refractivity contribution is -0.149. The van der Waals surface area contributed by atoms with Crippen LogP contribution in [0.4, 0.5) is 0 Å². The zero-order valence-electron chi connectivity index (χ0n) is 10.1. The maximum atomic E-state index is 11.4. The van der Waals surface area contributed by atoms with E-state index in [9.17, 15) is 9.59 Å². The molecule has 1 heterocycles. The highest BCUT2D eigenvalue weighted by Crippen LogP contribution is 2.19. The third kappa shape index (κ3) is 5.41. The van der Waals surface area contributed by atoms with Crippen molar-refractivity contribution in [2.24, 2.45) is 0 Å². The standard InChI is InChI=1S/C11H19NO4S/c1-7(2)17-6-10(13)12-5-8-3-4-9(16-8)11(14)15/h7-9H,3-6H2,1-2H3,(H,12,13)(H,14,15). The van der Waals surface area contributed by atoms with E-state index in [1.807, 2.05) is 13.8 Å². The Balaban J connectivity index is 2.15. The van der Waals surface area contributed by atoms with Crippen LogP contribution in [0.3, 0.4) is 0 Å². The van der Waals surface area contributed by atoms with Crippen molar-refractivity contribution >= 4 is 23.6 Å². The summed E-state index contributed by atoms with van der Waals surface area (Å²) in [5, 5.41) is 11.9. The molecule has 98 valence electrons. The van der Waals surface area contributed by atoms with Crippen molar-refractivity contribution in [1.82, 2.24) is 5.32 Å². The van der Waals surface area contributed by atoms with Crippen molar-refractivity contribution in [3.8, 4) is 0 Å². The Labute approximate surface area is 105 Å². The number of thioether (sulfide) groups is 1. The van der Waals surface area contributed by atoms with Gasteiger partial charge >= 0.3 is 5.97 Å². The quantitative estimate of drug-likeness (QED) is 0.742. The normalized spacial score (nSPS) is 23.9. The average molecular weight is 261 g/mol. The van der Waals surface area contributed by atoms with Crippen molar-refractivity contribution in [1.29, 1.82) is 0 Å². The fraction of sp³-hybridized carbons (Fsp3) is 0.818. The molecule has 17 heavy (non-hydrogen) atoms. The zero-order chi connectivity index (χ0) is 12.8. The first-order valence-corrected chi connectivity index (χ1v) is 6.80. The highest BCUT2D eigenvalue weighted by Gasteiger charge is 2.30. The Morgan fingerprint density at radius 3 is 2.71 bits per heavy atom. The first-order chi connectivity index (χ1) is 7.99. The minimum atomic E-state index is -0.922. The van der Waals surface area contributed by atoms with Gasteiger partial charge in [-0.2, -0.15) is 0 Å². The molecule has 0 aromatic carbocycles. The molecule has 6 heteroatoms. The minimum Gasteiger partial charge on any atom is -0.479 e. The molecule has 1 rings (SSSR count). The Morgan fingerprint density at radius 2 is 2.18 bits per heavy atom. The summed E-state index contributed by atoms with van der Waals surface area (Å²) in [5.41, 5.74) is 0. The largest absolute Gasteiger partial charge is 0.479 e. The number of carboxylic acids is 1. The molecule has 0 bridgehead atoms. The Bertz CT molecular complexity index is 283. The summed E-state index contributed by atoms with van der Waals surface area (Å²) < 4.78 is 5.28. The van der Waals surface area contributed by atoms with Gasteiger partial charge in [-0.05, 0) is 18.1 Å². The van der Waals surface area contributed by atoms with E-state index in [0.29, 0.717) is 30.4 Å². The van der Waals surface area contributed by atoms with E-state index < -0.39 is 12.1 Å². The van der Waals surface area contributed by atoms with E-state index in [-0.39, 0.29) is 12.0 Å². The Kier molecular flexibility index (Phi) is 5.77. The second-order valence-corrected chi connectivity index (χ2v) is 5.89. The average Bonchev–Trinajstić information content (AvgIpc) is 2.72. The third-order valence-corrected chi connectivity index (χ3v) is 3.55. The van der Waals surface area contributed by atoms with Crippen LogP contribution in [0.15, 0.2) is 0 Å².